The largest absolute Gasteiger partial charge is 0.494 e. The summed E-state index contributed by atoms with van der Waals surface area (Å²) in [6.45, 7) is 1.53. The lowest BCUT2D eigenvalue weighted by Crippen LogP contribution is -2.26. The second-order valence-electron chi connectivity index (χ2n) is 4.53. The van der Waals surface area contributed by atoms with E-state index < -0.39 is 0 Å². The number of ether oxygens (including phenoxy) is 1. The van der Waals surface area contributed by atoms with Crippen LogP contribution in [0, 0.1) is 0 Å². The van der Waals surface area contributed by atoms with Gasteiger partial charge in [0.1, 0.15) is 11.4 Å². The zero-order chi connectivity index (χ0) is 14.9. The molecule has 1 aromatic heterocycles. The van der Waals surface area contributed by atoms with E-state index in [1.165, 1.54) is 0 Å². The molecule has 0 radical (unpaired) electrons. The highest BCUT2D eigenvalue weighted by Gasteiger charge is 2.05. The fourth-order valence-corrected chi connectivity index (χ4v) is 1.75. The van der Waals surface area contributed by atoms with Gasteiger partial charge < -0.3 is 15.8 Å². The fraction of sp³-hybridized carbons (Fsp3) is 0.250. The number of para-hydroxylation sites is 1. The first-order valence-corrected chi connectivity index (χ1v) is 6.90. The van der Waals surface area contributed by atoms with Crippen LogP contribution in [0.5, 0.6) is 5.75 Å². The van der Waals surface area contributed by atoms with Gasteiger partial charge in [0, 0.05) is 19.3 Å². The van der Waals surface area contributed by atoms with Crippen molar-refractivity contribution in [3.05, 3.63) is 59.9 Å². The number of pyridine rings is 1. The fourth-order valence-electron chi connectivity index (χ4n) is 1.75. The summed E-state index contributed by atoms with van der Waals surface area (Å²) in [7, 11) is 0. The number of hydrogen-bond donors (Lipinski definition) is 2. The third kappa shape index (κ3) is 4.89. The predicted octanol–water partition coefficient (Wildman–Crippen LogP) is 1.74. The molecule has 0 saturated heterocycles. The molecule has 5 nitrogen and oxygen atoms in total. The van der Waals surface area contributed by atoms with E-state index in [9.17, 15) is 4.79 Å². The van der Waals surface area contributed by atoms with Crippen LogP contribution in [0.4, 0.5) is 0 Å². The first-order chi connectivity index (χ1) is 10.3. The van der Waals surface area contributed by atoms with E-state index in [4.69, 9.17) is 10.5 Å². The number of hydrogen-bond acceptors (Lipinski definition) is 4. The molecule has 2 aromatic rings. The van der Waals surface area contributed by atoms with Crippen molar-refractivity contribution in [3.63, 3.8) is 0 Å². The molecule has 1 heterocycles. The maximum Gasteiger partial charge on any atom is 0.269 e. The normalized spacial score (nSPS) is 10.1. The number of rotatable bonds is 7. The highest BCUT2D eigenvalue weighted by Crippen LogP contribution is 2.08. The monoisotopic (exact) mass is 285 g/mol. The number of carbonyl (C=O) groups excluding carboxylic acids is 1. The van der Waals surface area contributed by atoms with E-state index in [-0.39, 0.29) is 5.91 Å². The Labute approximate surface area is 124 Å². The topological polar surface area (TPSA) is 77.2 Å². The summed E-state index contributed by atoms with van der Waals surface area (Å²) in [5.74, 6) is 0.654. The Kier molecular flexibility index (Phi) is 5.72. The lowest BCUT2D eigenvalue weighted by atomic mass is 10.2. The molecule has 1 aromatic carbocycles. The summed E-state index contributed by atoms with van der Waals surface area (Å²) in [4.78, 5) is 15.9. The quantitative estimate of drug-likeness (QED) is 0.760. The van der Waals surface area contributed by atoms with Gasteiger partial charge in [-0.05, 0) is 30.2 Å². The van der Waals surface area contributed by atoms with Crippen molar-refractivity contribution in [2.45, 2.75) is 13.0 Å². The van der Waals surface area contributed by atoms with Gasteiger partial charge in [-0.3, -0.25) is 9.78 Å². The third-order valence-electron chi connectivity index (χ3n) is 2.91. The maximum absolute atomic E-state index is 11.8. The molecule has 5 heteroatoms. The predicted molar refractivity (Wildman–Crippen MR) is 81.0 cm³/mol. The van der Waals surface area contributed by atoms with Crippen molar-refractivity contribution in [3.8, 4) is 5.75 Å². The van der Waals surface area contributed by atoms with Crippen LogP contribution in [-0.4, -0.2) is 24.0 Å². The number of nitrogens with two attached hydrogens (primary N) is 1. The minimum atomic E-state index is -0.182. The van der Waals surface area contributed by atoms with E-state index in [2.05, 4.69) is 10.3 Å². The number of amides is 1. The molecule has 0 aliphatic carbocycles. The molecular formula is C16H19N3O2. The van der Waals surface area contributed by atoms with Crippen molar-refractivity contribution < 1.29 is 9.53 Å². The van der Waals surface area contributed by atoms with Gasteiger partial charge in [-0.25, -0.2) is 0 Å². The SMILES string of the molecule is NCc1ccc(C(=O)NCCCOc2ccccc2)nc1. The van der Waals surface area contributed by atoms with Gasteiger partial charge in [0.2, 0.25) is 0 Å². The molecule has 21 heavy (non-hydrogen) atoms. The van der Waals surface area contributed by atoms with E-state index in [0.717, 1.165) is 17.7 Å². The van der Waals surface area contributed by atoms with Gasteiger partial charge in [-0.1, -0.05) is 24.3 Å². The van der Waals surface area contributed by atoms with Gasteiger partial charge in [-0.15, -0.1) is 0 Å². The van der Waals surface area contributed by atoms with Crippen LogP contribution in [0.2, 0.25) is 0 Å². The number of aromatic nitrogens is 1. The highest BCUT2D eigenvalue weighted by atomic mass is 16.5. The Morgan fingerprint density at radius 3 is 2.67 bits per heavy atom. The minimum Gasteiger partial charge on any atom is -0.494 e. The van der Waals surface area contributed by atoms with Gasteiger partial charge in [0.05, 0.1) is 6.61 Å². The molecule has 110 valence electrons. The molecule has 0 atom stereocenters. The van der Waals surface area contributed by atoms with E-state index >= 15 is 0 Å². The average Bonchev–Trinajstić information content (AvgIpc) is 2.55. The average molecular weight is 285 g/mol. The Morgan fingerprint density at radius 1 is 1.19 bits per heavy atom. The van der Waals surface area contributed by atoms with Crippen LogP contribution in [0.1, 0.15) is 22.5 Å². The van der Waals surface area contributed by atoms with E-state index in [1.807, 2.05) is 30.3 Å². The van der Waals surface area contributed by atoms with Crippen molar-refractivity contribution in [1.82, 2.24) is 10.3 Å². The lowest BCUT2D eigenvalue weighted by molar-refractivity contribution is 0.0946. The molecule has 3 N–H and O–H groups in total. The van der Waals surface area contributed by atoms with E-state index in [0.29, 0.717) is 25.4 Å². The second kappa shape index (κ2) is 8.01. The zero-order valence-electron chi connectivity index (χ0n) is 11.8. The molecule has 2 rings (SSSR count). The summed E-state index contributed by atoms with van der Waals surface area (Å²) < 4.78 is 5.54. The molecule has 1 amide bonds. The first kappa shape index (κ1) is 15.0. The molecule has 0 spiro atoms. The van der Waals surface area contributed by atoms with Crippen molar-refractivity contribution in [1.29, 1.82) is 0 Å². The van der Waals surface area contributed by atoms with Gasteiger partial charge in [0.15, 0.2) is 0 Å². The summed E-state index contributed by atoms with van der Waals surface area (Å²) in [5, 5.41) is 2.81. The van der Waals surface area contributed by atoms with Crippen molar-refractivity contribution >= 4 is 5.91 Å². The highest BCUT2D eigenvalue weighted by molar-refractivity contribution is 5.92. The van der Waals surface area contributed by atoms with Crippen LogP contribution in [-0.2, 0) is 6.54 Å². The van der Waals surface area contributed by atoms with Gasteiger partial charge in [-0.2, -0.15) is 0 Å². The van der Waals surface area contributed by atoms with Crippen LogP contribution in [0.15, 0.2) is 48.7 Å². The smallest absolute Gasteiger partial charge is 0.269 e. The van der Waals surface area contributed by atoms with Gasteiger partial charge in [0.25, 0.3) is 5.91 Å². The summed E-state index contributed by atoms with van der Waals surface area (Å²) in [6, 6.07) is 13.1. The summed E-state index contributed by atoms with van der Waals surface area (Å²) in [5.41, 5.74) is 6.79. The number of nitrogens with zero attached hydrogens (tertiary/aromatic N) is 1. The molecule has 0 aliphatic heterocycles. The lowest BCUT2D eigenvalue weighted by Gasteiger charge is -2.07. The molecule has 0 unspecified atom stereocenters. The summed E-state index contributed by atoms with van der Waals surface area (Å²) in [6.07, 6.45) is 2.36. The number of nitrogens with one attached hydrogen (secondary N) is 1. The Bertz CT molecular complexity index is 555. The molecule has 0 bridgehead atoms. The second-order valence-corrected chi connectivity index (χ2v) is 4.53. The van der Waals surface area contributed by atoms with Crippen LogP contribution >= 0.6 is 0 Å². The van der Waals surface area contributed by atoms with Crippen molar-refractivity contribution in [2.75, 3.05) is 13.2 Å². The van der Waals surface area contributed by atoms with Crippen molar-refractivity contribution in [2.24, 2.45) is 5.73 Å². The number of benzene rings is 1. The Hall–Kier alpha value is -2.40. The standard InChI is InChI=1S/C16H19N3O2/c17-11-13-7-8-15(19-12-13)16(20)18-9-4-10-21-14-5-2-1-3-6-14/h1-3,5-8,12H,4,9-11,17H2,(H,18,20). The van der Waals surface area contributed by atoms with Gasteiger partial charge >= 0.3 is 0 Å². The zero-order valence-corrected chi connectivity index (χ0v) is 11.8. The maximum atomic E-state index is 11.8. The van der Waals surface area contributed by atoms with Crippen LogP contribution in [0.25, 0.3) is 0 Å². The number of carbonyl (C=O) groups is 1. The minimum absolute atomic E-state index is 0.182. The Morgan fingerprint density at radius 2 is 2.00 bits per heavy atom. The van der Waals surface area contributed by atoms with Crippen LogP contribution in [0.3, 0.4) is 0 Å². The third-order valence-corrected chi connectivity index (χ3v) is 2.91. The molecule has 0 aliphatic rings. The van der Waals surface area contributed by atoms with Crippen LogP contribution < -0.4 is 15.8 Å². The first-order valence-electron chi connectivity index (χ1n) is 6.90. The molecular weight excluding hydrogens is 266 g/mol. The summed E-state index contributed by atoms with van der Waals surface area (Å²) >= 11 is 0. The van der Waals surface area contributed by atoms with E-state index in [1.54, 1.807) is 18.3 Å². The molecule has 0 fully saturated rings. The Balaban J connectivity index is 1.67. The molecule has 0 saturated carbocycles.